The van der Waals surface area contributed by atoms with Crippen LogP contribution in [0.2, 0.25) is 5.02 Å². The number of alkyl halides is 3. The molecule has 1 aromatic carbocycles. The summed E-state index contributed by atoms with van der Waals surface area (Å²) in [5.41, 5.74) is 0.921. The van der Waals surface area contributed by atoms with Gasteiger partial charge in [-0.25, -0.2) is 4.79 Å². The molecule has 3 fully saturated rings. The first kappa shape index (κ1) is 32.4. The van der Waals surface area contributed by atoms with E-state index in [2.05, 4.69) is 10.2 Å². The lowest BCUT2D eigenvalue weighted by Gasteiger charge is -2.45. The maximum Gasteiger partial charge on any atom is 0.471 e. The average molecular weight is 614 g/mol. The molecule has 0 spiro atoms. The Balaban J connectivity index is 1.41. The molecule has 1 aromatic rings. The van der Waals surface area contributed by atoms with Gasteiger partial charge in [-0.05, 0) is 62.6 Å². The highest BCUT2D eigenvalue weighted by molar-refractivity contribution is 6.30. The Bertz CT molecular complexity index is 1060. The fourth-order valence-corrected chi connectivity index (χ4v) is 6.70. The Morgan fingerprint density at radius 1 is 0.881 bits per heavy atom. The molecular weight excluding hydrogens is 571 g/mol. The minimum absolute atomic E-state index is 0.0137. The maximum absolute atomic E-state index is 13.9. The standard InChI is InChI=1S/C30H43ClF3N5O3/c1-36(2)29(42)39(24-6-4-3-5-7-24)25-14-18-37(19-15-25)27(40)26(20-21-8-10-22(31)11-9-21)35-23-12-16-38(17-13-23)28(41)30(32,33)34/h8-11,23-26,35H,3-7,12-20H2,1-2H3/t26-/m1/s1. The Morgan fingerprint density at radius 3 is 1.98 bits per heavy atom. The molecule has 234 valence electrons. The lowest BCUT2D eigenvalue weighted by Crippen LogP contribution is -2.58. The van der Waals surface area contributed by atoms with Crippen LogP contribution in [0.25, 0.3) is 0 Å². The summed E-state index contributed by atoms with van der Waals surface area (Å²) in [6, 6.07) is 6.85. The van der Waals surface area contributed by atoms with E-state index >= 15 is 0 Å². The van der Waals surface area contributed by atoms with Crippen molar-refractivity contribution in [1.82, 2.24) is 24.9 Å². The molecule has 1 atom stereocenters. The lowest BCUT2D eigenvalue weighted by molar-refractivity contribution is -0.186. The zero-order chi connectivity index (χ0) is 30.4. The number of urea groups is 1. The second kappa shape index (κ2) is 14.3. The number of piperidine rings is 2. The highest BCUT2D eigenvalue weighted by Crippen LogP contribution is 2.29. The molecule has 0 bridgehead atoms. The molecular formula is C30H43ClF3N5O3. The number of rotatable bonds is 7. The second-order valence-corrected chi connectivity index (χ2v) is 12.5. The normalized spacial score (nSPS) is 20.3. The minimum atomic E-state index is -4.89. The van der Waals surface area contributed by atoms with Gasteiger partial charge in [0.1, 0.15) is 0 Å². The molecule has 4 amide bonds. The van der Waals surface area contributed by atoms with Crippen molar-refractivity contribution in [3.05, 3.63) is 34.9 Å². The van der Waals surface area contributed by atoms with Crippen molar-refractivity contribution in [3.63, 3.8) is 0 Å². The number of nitrogens with one attached hydrogen (secondary N) is 1. The van der Waals surface area contributed by atoms with Gasteiger partial charge in [0.25, 0.3) is 0 Å². The molecule has 0 radical (unpaired) electrons. The summed E-state index contributed by atoms with van der Waals surface area (Å²) < 4.78 is 38.7. The predicted octanol–water partition coefficient (Wildman–Crippen LogP) is 4.70. The Hall–Kier alpha value is -2.53. The lowest BCUT2D eigenvalue weighted by atomic mass is 9.91. The van der Waals surface area contributed by atoms with Crippen LogP contribution in [0.4, 0.5) is 18.0 Å². The van der Waals surface area contributed by atoms with Crippen molar-refractivity contribution in [2.75, 3.05) is 40.3 Å². The molecule has 1 N–H and O–H groups in total. The number of hydrogen-bond donors (Lipinski definition) is 1. The van der Waals surface area contributed by atoms with Crippen molar-refractivity contribution in [1.29, 1.82) is 0 Å². The van der Waals surface area contributed by atoms with Crippen molar-refractivity contribution >= 4 is 29.4 Å². The summed E-state index contributed by atoms with van der Waals surface area (Å²) in [6.07, 6.45) is 3.07. The number of carbonyl (C=O) groups excluding carboxylic acids is 3. The van der Waals surface area contributed by atoms with E-state index in [1.54, 1.807) is 31.1 Å². The molecule has 12 heteroatoms. The highest BCUT2D eigenvalue weighted by Gasteiger charge is 2.44. The molecule has 8 nitrogen and oxygen atoms in total. The fraction of sp³-hybridized carbons (Fsp3) is 0.700. The van der Waals surface area contributed by atoms with E-state index in [1.807, 2.05) is 17.0 Å². The molecule has 1 saturated carbocycles. The molecule has 2 aliphatic heterocycles. The van der Waals surface area contributed by atoms with Crippen LogP contribution < -0.4 is 5.32 Å². The van der Waals surface area contributed by atoms with Gasteiger partial charge in [0.2, 0.25) is 5.91 Å². The van der Waals surface area contributed by atoms with Crippen molar-refractivity contribution < 1.29 is 27.6 Å². The topological polar surface area (TPSA) is 76.2 Å². The van der Waals surface area contributed by atoms with Gasteiger partial charge < -0.3 is 24.9 Å². The summed E-state index contributed by atoms with van der Waals surface area (Å²) in [4.78, 5) is 45.2. The van der Waals surface area contributed by atoms with E-state index in [0.29, 0.717) is 50.2 Å². The number of benzene rings is 1. The Morgan fingerprint density at radius 2 is 1.43 bits per heavy atom. The monoisotopic (exact) mass is 613 g/mol. The maximum atomic E-state index is 13.9. The van der Waals surface area contributed by atoms with Gasteiger partial charge in [-0.3, -0.25) is 9.59 Å². The van der Waals surface area contributed by atoms with Crippen LogP contribution in [0.3, 0.4) is 0 Å². The SMILES string of the molecule is CN(C)C(=O)N(C1CCCCC1)C1CCN(C(=O)[C@@H](Cc2ccc(Cl)cc2)NC2CCN(C(=O)C(F)(F)F)CC2)CC1. The van der Waals surface area contributed by atoms with Crippen molar-refractivity contribution in [3.8, 4) is 0 Å². The average Bonchev–Trinajstić information content (AvgIpc) is 2.98. The molecule has 2 heterocycles. The third kappa shape index (κ3) is 8.30. The van der Waals surface area contributed by atoms with E-state index in [0.717, 1.165) is 36.1 Å². The van der Waals surface area contributed by atoms with E-state index in [9.17, 15) is 27.6 Å². The first-order valence-electron chi connectivity index (χ1n) is 15.1. The van der Waals surface area contributed by atoms with Crippen molar-refractivity contribution in [2.24, 2.45) is 0 Å². The molecule has 42 heavy (non-hydrogen) atoms. The molecule has 4 rings (SSSR count). The molecule has 0 unspecified atom stereocenters. The highest BCUT2D eigenvalue weighted by atomic mass is 35.5. The smallest absolute Gasteiger partial charge is 0.341 e. The number of hydrogen-bond acceptors (Lipinski definition) is 4. The number of halogens is 4. The quantitative estimate of drug-likeness (QED) is 0.484. The van der Waals surface area contributed by atoms with Crippen LogP contribution in [-0.2, 0) is 16.0 Å². The summed E-state index contributed by atoms with van der Waals surface area (Å²) in [5.74, 6) is -1.87. The second-order valence-electron chi connectivity index (χ2n) is 12.0. The zero-order valence-electron chi connectivity index (χ0n) is 24.5. The zero-order valence-corrected chi connectivity index (χ0v) is 25.3. The molecule has 3 aliphatic rings. The van der Waals surface area contributed by atoms with Crippen LogP contribution in [-0.4, -0.2) is 108 Å². The fourth-order valence-electron chi connectivity index (χ4n) is 6.57. The summed E-state index contributed by atoms with van der Waals surface area (Å²) in [5, 5.41) is 4.01. The van der Waals surface area contributed by atoms with Gasteiger partial charge in [-0.1, -0.05) is 43.0 Å². The third-order valence-electron chi connectivity index (χ3n) is 8.85. The third-order valence-corrected chi connectivity index (χ3v) is 9.11. The van der Waals surface area contributed by atoms with Gasteiger partial charge >= 0.3 is 18.1 Å². The number of amides is 4. The van der Waals surface area contributed by atoms with E-state index in [1.165, 1.54) is 6.42 Å². The van der Waals surface area contributed by atoms with Gasteiger partial charge in [0.05, 0.1) is 6.04 Å². The van der Waals surface area contributed by atoms with E-state index in [4.69, 9.17) is 11.6 Å². The van der Waals surface area contributed by atoms with Crippen molar-refractivity contribution in [2.45, 2.75) is 94.6 Å². The van der Waals surface area contributed by atoms with E-state index in [-0.39, 0.29) is 43.2 Å². The minimum Gasteiger partial charge on any atom is -0.341 e. The van der Waals surface area contributed by atoms with Crippen LogP contribution in [0.1, 0.15) is 63.4 Å². The first-order chi connectivity index (χ1) is 19.9. The Labute approximate surface area is 251 Å². The van der Waals surface area contributed by atoms with Gasteiger partial charge in [-0.15, -0.1) is 0 Å². The van der Waals surface area contributed by atoms with E-state index < -0.39 is 18.1 Å². The molecule has 1 aliphatic carbocycles. The largest absolute Gasteiger partial charge is 0.471 e. The summed E-state index contributed by atoms with van der Waals surface area (Å²) in [6.45, 7) is 1.04. The molecule has 2 saturated heterocycles. The van der Waals surface area contributed by atoms with Gasteiger partial charge in [0, 0.05) is 63.4 Å². The summed E-state index contributed by atoms with van der Waals surface area (Å²) in [7, 11) is 3.57. The first-order valence-corrected chi connectivity index (χ1v) is 15.5. The Kier molecular flexibility index (Phi) is 11.0. The summed E-state index contributed by atoms with van der Waals surface area (Å²) >= 11 is 6.06. The molecule has 0 aromatic heterocycles. The number of carbonyl (C=O) groups is 3. The van der Waals surface area contributed by atoms with Gasteiger partial charge in [-0.2, -0.15) is 13.2 Å². The predicted molar refractivity (Wildman–Crippen MR) is 155 cm³/mol. The number of likely N-dealkylation sites (tertiary alicyclic amines) is 2. The van der Waals surface area contributed by atoms with Crippen LogP contribution in [0, 0.1) is 0 Å². The van der Waals surface area contributed by atoms with Gasteiger partial charge in [0.15, 0.2) is 0 Å². The number of nitrogens with zero attached hydrogens (tertiary/aromatic N) is 4. The van der Waals surface area contributed by atoms with Crippen LogP contribution >= 0.6 is 11.6 Å². The van der Waals surface area contributed by atoms with Crippen LogP contribution in [0.5, 0.6) is 0 Å². The van der Waals surface area contributed by atoms with Crippen LogP contribution in [0.15, 0.2) is 24.3 Å².